The van der Waals surface area contributed by atoms with Gasteiger partial charge in [-0.15, -0.1) is 0 Å². The molecule has 0 spiro atoms. The molecule has 0 aliphatic rings. The molecule has 1 aromatic carbocycles. The summed E-state index contributed by atoms with van der Waals surface area (Å²) in [5.74, 6) is 5.43. The first kappa shape index (κ1) is 14.4. The molecule has 0 bridgehead atoms. The van der Waals surface area contributed by atoms with E-state index in [4.69, 9.17) is 16.0 Å². The van der Waals surface area contributed by atoms with Crippen LogP contribution in [0.2, 0.25) is 0 Å². The van der Waals surface area contributed by atoms with E-state index < -0.39 is 17.8 Å². The second-order valence-corrected chi connectivity index (χ2v) is 4.40. The molecule has 1 atom stereocenters. The van der Waals surface area contributed by atoms with Gasteiger partial charge >= 0.3 is 6.18 Å². The summed E-state index contributed by atoms with van der Waals surface area (Å²) in [7, 11) is 0. The van der Waals surface area contributed by atoms with Gasteiger partial charge in [0, 0.05) is 5.69 Å². The Hall–Kier alpha value is -1.99. The van der Waals surface area contributed by atoms with E-state index in [1.165, 1.54) is 18.6 Å². The maximum absolute atomic E-state index is 12.7. The van der Waals surface area contributed by atoms with Gasteiger partial charge in [-0.2, -0.15) is 13.2 Å². The van der Waals surface area contributed by atoms with Crippen molar-refractivity contribution in [3.8, 4) is 0 Å². The number of nitrogens with one attached hydrogen (secondary N) is 1. The van der Waals surface area contributed by atoms with Crippen molar-refractivity contribution in [2.45, 2.75) is 18.6 Å². The molecule has 0 aliphatic heterocycles. The Morgan fingerprint density at radius 3 is 2.55 bits per heavy atom. The molecule has 0 saturated carbocycles. The van der Waals surface area contributed by atoms with E-state index in [2.05, 4.69) is 5.43 Å². The maximum atomic E-state index is 12.7. The van der Waals surface area contributed by atoms with E-state index >= 15 is 0 Å². The lowest BCUT2D eigenvalue weighted by Crippen LogP contribution is -2.30. The number of benzene rings is 1. The zero-order valence-electron chi connectivity index (χ0n) is 10.4. The molecule has 2 aromatic rings. The minimum Gasteiger partial charge on any atom is -0.472 e. The Morgan fingerprint density at radius 1 is 1.25 bits per heavy atom. The minimum absolute atomic E-state index is 0.254. The van der Waals surface area contributed by atoms with Crippen LogP contribution in [0.4, 0.5) is 18.9 Å². The first-order valence-corrected chi connectivity index (χ1v) is 5.85. The van der Waals surface area contributed by atoms with Crippen LogP contribution in [0.1, 0.15) is 22.7 Å². The largest absolute Gasteiger partial charge is 0.472 e. The van der Waals surface area contributed by atoms with Crippen LogP contribution in [-0.4, -0.2) is 0 Å². The van der Waals surface area contributed by atoms with Gasteiger partial charge in [0.05, 0.1) is 24.1 Å². The molecule has 7 heteroatoms. The summed E-state index contributed by atoms with van der Waals surface area (Å²) in [5.41, 5.74) is 8.86. The predicted molar refractivity (Wildman–Crippen MR) is 68.3 cm³/mol. The van der Waals surface area contributed by atoms with Crippen LogP contribution < -0.4 is 17.0 Å². The summed E-state index contributed by atoms with van der Waals surface area (Å²) in [6.45, 7) is 0. The molecule has 2 rings (SSSR count). The van der Waals surface area contributed by atoms with Gasteiger partial charge in [-0.25, -0.2) is 0 Å². The van der Waals surface area contributed by atoms with Gasteiger partial charge in [0.15, 0.2) is 0 Å². The number of hydrogen-bond donors (Lipinski definition) is 3. The molecule has 1 unspecified atom stereocenters. The quantitative estimate of drug-likeness (QED) is 0.458. The Labute approximate surface area is 113 Å². The number of nitrogen functional groups attached to an aromatic ring is 1. The maximum Gasteiger partial charge on any atom is 0.416 e. The van der Waals surface area contributed by atoms with Crippen molar-refractivity contribution in [2.75, 3.05) is 5.73 Å². The molecule has 5 N–H and O–H groups in total. The van der Waals surface area contributed by atoms with Crippen LogP contribution in [0, 0.1) is 0 Å². The van der Waals surface area contributed by atoms with E-state index in [-0.39, 0.29) is 5.69 Å². The summed E-state index contributed by atoms with van der Waals surface area (Å²) in [6.07, 6.45) is -1.05. The highest BCUT2D eigenvalue weighted by Gasteiger charge is 2.31. The Morgan fingerprint density at radius 2 is 2.00 bits per heavy atom. The lowest BCUT2D eigenvalue weighted by atomic mass is 9.97. The van der Waals surface area contributed by atoms with Crippen molar-refractivity contribution >= 4 is 5.69 Å². The Bertz CT molecular complexity index is 567. The zero-order chi connectivity index (χ0) is 14.8. The van der Waals surface area contributed by atoms with Gasteiger partial charge in [0.2, 0.25) is 0 Å². The van der Waals surface area contributed by atoms with E-state index in [0.29, 0.717) is 12.0 Å². The molecule has 1 aromatic heterocycles. The molecule has 1 heterocycles. The van der Waals surface area contributed by atoms with Crippen molar-refractivity contribution in [2.24, 2.45) is 5.84 Å². The molecule has 20 heavy (non-hydrogen) atoms. The van der Waals surface area contributed by atoms with Crippen LogP contribution in [0.25, 0.3) is 0 Å². The number of anilines is 1. The van der Waals surface area contributed by atoms with E-state index in [0.717, 1.165) is 17.7 Å². The highest BCUT2D eigenvalue weighted by atomic mass is 19.4. The lowest BCUT2D eigenvalue weighted by Gasteiger charge is -2.19. The zero-order valence-corrected chi connectivity index (χ0v) is 10.4. The smallest absolute Gasteiger partial charge is 0.416 e. The highest BCUT2D eigenvalue weighted by Crippen LogP contribution is 2.33. The summed E-state index contributed by atoms with van der Waals surface area (Å²) in [4.78, 5) is 0. The fourth-order valence-corrected chi connectivity index (χ4v) is 1.96. The second kappa shape index (κ2) is 5.56. The number of hydrazine groups is 1. The lowest BCUT2D eigenvalue weighted by molar-refractivity contribution is -0.137. The third kappa shape index (κ3) is 3.12. The standard InChI is InChI=1S/C13H14F3N3O/c14-13(15,16)9-1-2-11(17)10(6-9)12(19-18)5-8-3-4-20-7-8/h1-4,6-7,12,19H,5,17-18H2. The molecule has 0 aliphatic carbocycles. The molecule has 0 fully saturated rings. The topological polar surface area (TPSA) is 77.2 Å². The molecular weight excluding hydrogens is 271 g/mol. The average Bonchev–Trinajstić information content (AvgIpc) is 2.88. The van der Waals surface area contributed by atoms with Crippen molar-refractivity contribution in [1.29, 1.82) is 0 Å². The van der Waals surface area contributed by atoms with Crippen LogP contribution in [0.5, 0.6) is 0 Å². The van der Waals surface area contributed by atoms with Crippen LogP contribution in [0.3, 0.4) is 0 Å². The van der Waals surface area contributed by atoms with Crippen LogP contribution in [0.15, 0.2) is 41.2 Å². The molecular formula is C13H14F3N3O. The van der Waals surface area contributed by atoms with Gasteiger partial charge in [-0.1, -0.05) is 0 Å². The number of furan rings is 1. The van der Waals surface area contributed by atoms with Gasteiger partial charge in [0.1, 0.15) is 0 Å². The van der Waals surface area contributed by atoms with Crippen LogP contribution in [-0.2, 0) is 12.6 Å². The van der Waals surface area contributed by atoms with Crippen molar-refractivity contribution in [3.05, 3.63) is 53.5 Å². The fourth-order valence-electron chi connectivity index (χ4n) is 1.96. The minimum atomic E-state index is -4.42. The molecule has 4 nitrogen and oxygen atoms in total. The van der Waals surface area contributed by atoms with Gasteiger partial charge in [-0.3, -0.25) is 11.3 Å². The van der Waals surface area contributed by atoms with Crippen molar-refractivity contribution in [3.63, 3.8) is 0 Å². The van der Waals surface area contributed by atoms with Gasteiger partial charge < -0.3 is 10.2 Å². The summed E-state index contributed by atoms with van der Waals surface area (Å²) in [6, 6.07) is 4.38. The van der Waals surface area contributed by atoms with Crippen molar-refractivity contribution in [1.82, 2.24) is 5.43 Å². The number of halogens is 3. The average molecular weight is 285 g/mol. The van der Waals surface area contributed by atoms with Gasteiger partial charge in [-0.05, 0) is 41.8 Å². The number of hydrogen-bond acceptors (Lipinski definition) is 4. The third-order valence-electron chi connectivity index (χ3n) is 3.01. The van der Waals surface area contributed by atoms with E-state index in [1.807, 2.05) is 0 Å². The first-order valence-electron chi connectivity index (χ1n) is 5.85. The molecule has 108 valence electrons. The monoisotopic (exact) mass is 285 g/mol. The number of alkyl halides is 3. The molecule has 0 amide bonds. The second-order valence-electron chi connectivity index (χ2n) is 4.40. The summed E-state index contributed by atoms with van der Waals surface area (Å²) < 4.78 is 43.1. The number of nitrogens with two attached hydrogens (primary N) is 2. The molecule has 0 saturated heterocycles. The normalized spacial score (nSPS) is 13.4. The Kier molecular flexibility index (Phi) is 4.01. The Balaban J connectivity index is 2.33. The summed E-state index contributed by atoms with van der Waals surface area (Å²) >= 11 is 0. The predicted octanol–water partition coefficient (Wildman–Crippen LogP) is 2.63. The SMILES string of the molecule is NNC(Cc1ccoc1)c1cc(C(F)(F)F)ccc1N. The van der Waals surface area contributed by atoms with Gasteiger partial charge in [0.25, 0.3) is 0 Å². The fraction of sp³-hybridized carbons (Fsp3) is 0.231. The third-order valence-corrected chi connectivity index (χ3v) is 3.01. The highest BCUT2D eigenvalue weighted by molar-refractivity contribution is 5.51. The first-order chi connectivity index (χ1) is 9.41. The van der Waals surface area contributed by atoms with Crippen LogP contribution >= 0.6 is 0 Å². The number of rotatable bonds is 4. The molecule has 0 radical (unpaired) electrons. The summed E-state index contributed by atoms with van der Waals surface area (Å²) in [5, 5.41) is 0. The van der Waals surface area contributed by atoms with E-state index in [9.17, 15) is 13.2 Å². The van der Waals surface area contributed by atoms with E-state index in [1.54, 1.807) is 6.07 Å². The van der Waals surface area contributed by atoms with Crippen molar-refractivity contribution < 1.29 is 17.6 Å².